The molecule has 0 saturated heterocycles. The van der Waals surface area contributed by atoms with Gasteiger partial charge in [-0.15, -0.1) is 0 Å². The van der Waals surface area contributed by atoms with Gasteiger partial charge in [-0.25, -0.2) is 0 Å². The van der Waals surface area contributed by atoms with Crippen molar-refractivity contribution in [2.45, 2.75) is 25.8 Å². The summed E-state index contributed by atoms with van der Waals surface area (Å²) in [6.07, 6.45) is 2.78. The van der Waals surface area contributed by atoms with Crippen LogP contribution in [0.2, 0.25) is 0 Å². The Bertz CT molecular complexity index is 137. The Hall–Kier alpha value is -0.120. The van der Waals surface area contributed by atoms with Crippen LogP contribution in [0.15, 0.2) is 0 Å². The first-order valence-corrected chi connectivity index (χ1v) is 5.14. The first-order valence-electron chi connectivity index (χ1n) is 5.14. The highest BCUT2D eigenvalue weighted by Crippen LogP contribution is 2.34. The summed E-state index contributed by atoms with van der Waals surface area (Å²) in [6, 6.07) is 0.692. The third-order valence-electron chi connectivity index (χ3n) is 2.82. The summed E-state index contributed by atoms with van der Waals surface area (Å²) < 4.78 is 5.21. The van der Waals surface area contributed by atoms with Gasteiger partial charge in [-0.2, -0.15) is 0 Å². The lowest BCUT2D eigenvalue weighted by atomic mass is 10.2. The van der Waals surface area contributed by atoms with Crippen LogP contribution >= 0.6 is 0 Å². The Morgan fingerprint density at radius 2 is 2.15 bits per heavy atom. The molecule has 13 heavy (non-hydrogen) atoms. The topological polar surface area (TPSA) is 32.7 Å². The summed E-state index contributed by atoms with van der Waals surface area (Å²) in [5.74, 6) is 0.919. The average molecular weight is 187 g/mol. The first kappa shape index (κ1) is 11.0. The van der Waals surface area contributed by atoms with Gasteiger partial charge in [-0.05, 0) is 32.7 Å². The highest BCUT2D eigenvalue weighted by Gasteiger charge is 2.29. The van der Waals surface area contributed by atoms with Crippen molar-refractivity contribution in [3.8, 4) is 0 Å². The fraction of sp³-hybridized carbons (Fsp3) is 1.00. The van der Waals surface area contributed by atoms with Crippen LogP contribution in [0.4, 0.5) is 0 Å². The molecule has 1 unspecified atom stereocenters. The molecule has 1 atom stereocenters. The van der Waals surface area contributed by atoms with Gasteiger partial charge in [0, 0.05) is 12.6 Å². The number of aliphatic hydroxyl groups is 1. The Kier molecular flexibility index (Phi) is 4.70. The minimum Gasteiger partial charge on any atom is -0.394 e. The third kappa shape index (κ3) is 4.07. The standard InChI is InChI=1S/C10H21NO2/c1-9(10-3-4-10)11(2)5-7-13-8-6-12/h9-10,12H,3-8H2,1-2H3. The van der Waals surface area contributed by atoms with Crippen LogP contribution in [0, 0.1) is 5.92 Å². The highest BCUT2D eigenvalue weighted by atomic mass is 16.5. The van der Waals surface area contributed by atoms with Gasteiger partial charge in [0.05, 0.1) is 19.8 Å². The van der Waals surface area contributed by atoms with E-state index in [1.165, 1.54) is 12.8 Å². The maximum absolute atomic E-state index is 8.50. The Labute approximate surface area is 80.7 Å². The average Bonchev–Trinajstić information content (AvgIpc) is 2.94. The lowest BCUT2D eigenvalue weighted by Crippen LogP contribution is -2.33. The van der Waals surface area contributed by atoms with Gasteiger partial charge in [0.1, 0.15) is 0 Å². The number of aliphatic hydroxyl groups excluding tert-OH is 1. The van der Waals surface area contributed by atoms with Crippen LogP contribution in [-0.2, 0) is 4.74 Å². The van der Waals surface area contributed by atoms with Crippen LogP contribution in [-0.4, -0.2) is 49.5 Å². The van der Waals surface area contributed by atoms with E-state index in [0.29, 0.717) is 12.6 Å². The van der Waals surface area contributed by atoms with E-state index in [1.54, 1.807) is 0 Å². The molecule has 0 aromatic heterocycles. The molecule has 3 nitrogen and oxygen atoms in total. The van der Waals surface area contributed by atoms with Crippen molar-refractivity contribution in [2.24, 2.45) is 5.92 Å². The summed E-state index contributed by atoms with van der Waals surface area (Å²) in [4.78, 5) is 2.34. The van der Waals surface area contributed by atoms with E-state index in [2.05, 4.69) is 18.9 Å². The van der Waals surface area contributed by atoms with Crippen molar-refractivity contribution in [1.29, 1.82) is 0 Å². The van der Waals surface area contributed by atoms with Crippen molar-refractivity contribution < 1.29 is 9.84 Å². The zero-order chi connectivity index (χ0) is 9.68. The van der Waals surface area contributed by atoms with Crippen LogP contribution in [0.3, 0.4) is 0 Å². The lowest BCUT2D eigenvalue weighted by Gasteiger charge is -2.24. The van der Waals surface area contributed by atoms with E-state index in [0.717, 1.165) is 19.1 Å². The van der Waals surface area contributed by atoms with Gasteiger partial charge < -0.3 is 14.7 Å². The summed E-state index contributed by atoms with van der Waals surface area (Å²) >= 11 is 0. The van der Waals surface area contributed by atoms with Crippen LogP contribution in [0.1, 0.15) is 19.8 Å². The zero-order valence-corrected chi connectivity index (χ0v) is 8.70. The minimum absolute atomic E-state index is 0.127. The molecule has 1 fully saturated rings. The summed E-state index contributed by atoms with van der Waals surface area (Å²) in [7, 11) is 2.14. The SMILES string of the molecule is CC(C1CC1)N(C)CCOCCO. The van der Waals surface area contributed by atoms with E-state index in [1.807, 2.05) is 0 Å². The van der Waals surface area contributed by atoms with Gasteiger partial charge in [0.2, 0.25) is 0 Å². The molecular weight excluding hydrogens is 166 g/mol. The predicted molar refractivity (Wildman–Crippen MR) is 52.7 cm³/mol. The molecule has 78 valence electrons. The second-order valence-corrected chi connectivity index (χ2v) is 3.89. The van der Waals surface area contributed by atoms with E-state index >= 15 is 0 Å². The van der Waals surface area contributed by atoms with Gasteiger partial charge in [0.25, 0.3) is 0 Å². The Morgan fingerprint density at radius 1 is 1.46 bits per heavy atom. The molecule has 0 radical (unpaired) electrons. The van der Waals surface area contributed by atoms with E-state index in [-0.39, 0.29) is 6.61 Å². The first-order chi connectivity index (χ1) is 6.25. The number of hydrogen-bond acceptors (Lipinski definition) is 3. The van der Waals surface area contributed by atoms with Crippen molar-refractivity contribution in [2.75, 3.05) is 33.4 Å². The van der Waals surface area contributed by atoms with Crippen molar-refractivity contribution >= 4 is 0 Å². The minimum atomic E-state index is 0.127. The number of hydrogen-bond donors (Lipinski definition) is 1. The summed E-state index contributed by atoms with van der Waals surface area (Å²) in [5, 5.41) is 8.50. The number of rotatable bonds is 7. The maximum atomic E-state index is 8.50. The number of likely N-dealkylation sites (N-methyl/N-ethyl adjacent to an activating group) is 1. The fourth-order valence-corrected chi connectivity index (χ4v) is 1.52. The monoisotopic (exact) mass is 187 g/mol. The van der Waals surface area contributed by atoms with E-state index in [9.17, 15) is 0 Å². The van der Waals surface area contributed by atoms with Gasteiger partial charge in [-0.1, -0.05) is 0 Å². The van der Waals surface area contributed by atoms with Crippen LogP contribution in [0.25, 0.3) is 0 Å². The number of nitrogens with zero attached hydrogens (tertiary/aromatic N) is 1. The molecular formula is C10H21NO2. The molecule has 1 saturated carbocycles. The molecule has 1 rings (SSSR count). The second-order valence-electron chi connectivity index (χ2n) is 3.89. The molecule has 3 heteroatoms. The number of ether oxygens (including phenoxy) is 1. The molecule has 0 bridgehead atoms. The molecule has 0 aromatic rings. The molecule has 0 aliphatic heterocycles. The maximum Gasteiger partial charge on any atom is 0.0698 e. The molecule has 1 aliphatic rings. The van der Waals surface area contributed by atoms with Crippen molar-refractivity contribution in [3.05, 3.63) is 0 Å². The zero-order valence-electron chi connectivity index (χ0n) is 8.70. The lowest BCUT2D eigenvalue weighted by molar-refractivity contribution is 0.0699. The fourth-order valence-electron chi connectivity index (χ4n) is 1.52. The molecule has 0 heterocycles. The van der Waals surface area contributed by atoms with Crippen molar-refractivity contribution in [3.63, 3.8) is 0 Å². The van der Waals surface area contributed by atoms with Gasteiger partial charge >= 0.3 is 0 Å². The second kappa shape index (κ2) is 5.58. The smallest absolute Gasteiger partial charge is 0.0698 e. The Morgan fingerprint density at radius 3 is 2.69 bits per heavy atom. The normalized spacial score (nSPS) is 19.4. The van der Waals surface area contributed by atoms with Crippen LogP contribution < -0.4 is 0 Å². The molecule has 0 aromatic carbocycles. The van der Waals surface area contributed by atoms with Crippen LogP contribution in [0.5, 0.6) is 0 Å². The predicted octanol–water partition coefficient (Wildman–Crippen LogP) is 0.726. The molecule has 0 spiro atoms. The highest BCUT2D eigenvalue weighted by molar-refractivity contribution is 4.83. The van der Waals surface area contributed by atoms with Crippen molar-refractivity contribution in [1.82, 2.24) is 4.90 Å². The van der Waals surface area contributed by atoms with Gasteiger partial charge in [0.15, 0.2) is 0 Å². The quantitative estimate of drug-likeness (QED) is 0.596. The molecule has 0 amide bonds. The van der Waals surface area contributed by atoms with E-state index < -0.39 is 0 Å². The Balaban J connectivity index is 1.99. The van der Waals surface area contributed by atoms with E-state index in [4.69, 9.17) is 9.84 Å². The summed E-state index contributed by atoms with van der Waals surface area (Å²) in [6.45, 7) is 4.57. The molecule has 1 N–H and O–H groups in total. The summed E-state index contributed by atoms with van der Waals surface area (Å²) in [5.41, 5.74) is 0. The van der Waals surface area contributed by atoms with Gasteiger partial charge in [-0.3, -0.25) is 0 Å². The third-order valence-corrected chi connectivity index (χ3v) is 2.82. The largest absolute Gasteiger partial charge is 0.394 e. The molecule has 1 aliphatic carbocycles.